The topological polar surface area (TPSA) is 59.4 Å². The standard InChI is InChI=1S/C6H4BNO3/c9-6-5-4(7(10)11-6)2-1-3-8-5/h1-3,10H. The summed E-state index contributed by atoms with van der Waals surface area (Å²) in [6, 6.07) is 3.25. The molecule has 0 bridgehead atoms. The first-order chi connectivity index (χ1) is 5.29. The molecular formula is C6H4BNO3. The van der Waals surface area contributed by atoms with E-state index >= 15 is 0 Å². The molecule has 1 aromatic rings. The number of hydrogen-bond acceptors (Lipinski definition) is 4. The van der Waals surface area contributed by atoms with Crippen molar-refractivity contribution >= 4 is 18.6 Å². The van der Waals surface area contributed by atoms with E-state index in [2.05, 4.69) is 9.64 Å². The number of carbonyl (C=O) groups is 1. The van der Waals surface area contributed by atoms with E-state index in [0.29, 0.717) is 5.46 Å². The molecule has 0 fully saturated rings. The molecular weight excluding hydrogens is 145 g/mol. The Morgan fingerprint density at radius 3 is 3.18 bits per heavy atom. The number of fused-ring (bicyclic) bond motifs is 1. The van der Waals surface area contributed by atoms with Crippen LogP contribution in [-0.4, -0.2) is 23.1 Å². The summed E-state index contributed by atoms with van der Waals surface area (Å²) in [5.41, 5.74) is 0.650. The molecule has 1 aliphatic rings. The third-order valence-electron chi connectivity index (χ3n) is 1.52. The van der Waals surface area contributed by atoms with Crippen LogP contribution in [0.15, 0.2) is 18.3 Å². The van der Waals surface area contributed by atoms with E-state index in [-0.39, 0.29) is 5.69 Å². The second-order valence-electron chi connectivity index (χ2n) is 2.20. The molecule has 0 saturated heterocycles. The van der Waals surface area contributed by atoms with Gasteiger partial charge in [0.2, 0.25) is 0 Å². The molecule has 11 heavy (non-hydrogen) atoms. The molecule has 1 N–H and O–H groups in total. The molecule has 1 aromatic heterocycles. The zero-order chi connectivity index (χ0) is 7.84. The van der Waals surface area contributed by atoms with Gasteiger partial charge in [0.05, 0.1) is 0 Å². The molecule has 1 aliphatic heterocycles. The number of hydrogen-bond donors (Lipinski definition) is 1. The summed E-state index contributed by atoms with van der Waals surface area (Å²) in [5.74, 6) is -0.562. The summed E-state index contributed by atoms with van der Waals surface area (Å²) < 4.78 is 4.49. The van der Waals surface area contributed by atoms with Gasteiger partial charge in [-0.2, -0.15) is 0 Å². The Balaban J connectivity index is 2.60. The first-order valence-electron chi connectivity index (χ1n) is 3.13. The van der Waals surface area contributed by atoms with Gasteiger partial charge in [0.25, 0.3) is 0 Å². The van der Waals surface area contributed by atoms with Gasteiger partial charge in [0, 0.05) is 11.7 Å². The second-order valence-corrected chi connectivity index (χ2v) is 2.20. The van der Waals surface area contributed by atoms with E-state index in [0.717, 1.165) is 0 Å². The highest BCUT2D eigenvalue weighted by molar-refractivity contribution is 6.66. The van der Waals surface area contributed by atoms with E-state index in [9.17, 15) is 4.79 Å². The van der Waals surface area contributed by atoms with Gasteiger partial charge in [-0.1, -0.05) is 6.07 Å². The predicted octanol–water partition coefficient (Wildman–Crippen LogP) is -1.06. The summed E-state index contributed by atoms with van der Waals surface area (Å²) in [5, 5.41) is 9.07. The largest absolute Gasteiger partial charge is 0.564 e. The van der Waals surface area contributed by atoms with Crippen molar-refractivity contribution in [2.24, 2.45) is 0 Å². The molecule has 0 unspecified atom stereocenters. The lowest BCUT2D eigenvalue weighted by Crippen LogP contribution is -2.28. The molecule has 0 atom stereocenters. The maximum absolute atomic E-state index is 10.8. The molecule has 2 rings (SSSR count). The highest BCUT2D eigenvalue weighted by Crippen LogP contribution is 2.04. The molecule has 0 aliphatic carbocycles. The van der Waals surface area contributed by atoms with Crippen molar-refractivity contribution in [1.29, 1.82) is 0 Å². The van der Waals surface area contributed by atoms with Gasteiger partial charge < -0.3 is 9.68 Å². The second kappa shape index (κ2) is 2.06. The van der Waals surface area contributed by atoms with Crippen LogP contribution in [0.5, 0.6) is 0 Å². The van der Waals surface area contributed by atoms with Crippen LogP contribution in [-0.2, 0) is 4.65 Å². The Bertz CT molecular complexity index is 314. The average molecular weight is 149 g/mol. The molecule has 0 radical (unpaired) electrons. The SMILES string of the molecule is O=C1OB(O)c2cccnc21. The lowest BCUT2D eigenvalue weighted by molar-refractivity contribution is 0.0722. The van der Waals surface area contributed by atoms with Gasteiger partial charge in [-0.25, -0.2) is 9.78 Å². The fourth-order valence-corrected chi connectivity index (χ4v) is 1.01. The van der Waals surface area contributed by atoms with Crippen LogP contribution in [0.4, 0.5) is 0 Å². The molecule has 2 heterocycles. The number of carbonyl (C=O) groups excluding carboxylic acids is 1. The molecule has 0 amide bonds. The Labute approximate surface area is 63.0 Å². The lowest BCUT2D eigenvalue weighted by Gasteiger charge is -1.91. The molecule has 5 heteroatoms. The summed E-state index contributed by atoms with van der Waals surface area (Å²) in [6.07, 6.45) is 1.48. The van der Waals surface area contributed by atoms with Crippen molar-refractivity contribution in [1.82, 2.24) is 4.98 Å². The van der Waals surface area contributed by atoms with Gasteiger partial charge in [0.15, 0.2) is 0 Å². The fourth-order valence-electron chi connectivity index (χ4n) is 1.01. The van der Waals surface area contributed by atoms with E-state index in [1.54, 1.807) is 12.1 Å². The van der Waals surface area contributed by atoms with Crippen molar-refractivity contribution in [3.05, 3.63) is 24.0 Å². The number of aromatic nitrogens is 1. The number of pyridine rings is 1. The zero-order valence-corrected chi connectivity index (χ0v) is 5.52. The Morgan fingerprint density at radius 1 is 1.64 bits per heavy atom. The summed E-state index contributed by atoms with van der Waals surface area (Å²) >= 11 is 0. The molecule has 0 saturated carbocycles. The van der Waals surface area contributed by atoms with E-state index in [1.165, 1.54) is 6.20 Å². The van der Waals surface area contributed by atoms with Gasteiger partial charge in [-0.05, 0) is 6.07 Å². The Morgan fingerprint density at radius 2 is 2.45 bits per heavy atom. The van der Waals surface area contributed by atoms with Gasteiger partial charge in [-0.15, -0.1) is 0 Å². The monoisotopic (exact) mass is 149 g/mol. The molecule has 54 valence electrons. The summed E-state index contributed by atoms with van der Waals surface area (Å²) in [7, 11) is -1.13. The first kappa shape index (κ1) is 6.36. The average Bonchev–Trinajstić information content (AvgIpc) is 2.30. The highest BCUT2D eigenvalue weighted by atomic mass is 16.6. The van der Waals surface area contributed by atoms with Crippen molar-refractivity contribution in [2.75, 3.05) is 0 Å². The number of nitrogens with zero attached hydrogens (tertiary/aromatic N) is 1. The zero-order valence-electron chi connectivity index (χ0n) is 5.52. The van der Waals surface area contributed by atoms with E-state index < -0.39 is 13.1 Å². The summed E-state index contributed by atoms with van der Waals surface area (Å²) in [4.78, 5) is 14.6. The van der Waals surface area contributed by atoms with Crippen molar-refractivity contribution in [3.63, 3.8) is 0 Å². The Kier molecular flexibility index (Phi) is 1.19. The summed E-state index contributed by atoms with van der Waals surface area (Å²) in [6.45, 7) is 0. The molecule has 0 spiro atoms. The minimum atomic E-state index is -1.13. The van der Waals surface area contributed by atoms with Crippen molar-refractivity contribution in [3.8, 4) is 0 Å². The van der Waals surface area contributed by atoms with E-state index in [4.69, 9.17) is 5.02 Å². The third-order valence-corrected chi connectivity index (χ3v) is 1.52. The van der Waals surface area contributed by atoms with Crippen LogP contribution in [0.3, 0.4) is 0 Å². The van der Waals surface area contributed by atoms with Crippen LogP contribution in [0.1, 0.15) is 10.5 Å². The van der Waals surface area contributed by atoms with Gasteiger partial charge in [0.1, 0.15) is 5.69 Å². The third kappa shape index (κ3) is 0.815. The quantitative estimate of drug-likeness (QED) is 0.477. The van der Waals surface area contributed by atoms with Crippen LogP contribution >= 0.6 is 0 Å². The highest BCUT2D eigenvalue weighted by Gasteiger charge is 2.35. The van der Waals surface area contributed by atoms with Crippen LogP contribution in [0.2, 0.25) is 0 Å². The predicted molar refractivity (Wildman–Crippen MR) is 37.3 cm³/mol. The maximum atomic E-state index is 10.8. The molecule has 4 nitrogen and oxygen atoms in total. The maximum Gasteiger partial charge on any atom is 0.564 e. The van der Waals surface area contributed by atoms with Gasteiger partial charge in [-0.3, -0.25) is 0 Å². The minimum absolute atomic E-state index is 0.208. The minimum Gasteiger partial charge on any atom is -0.501 e. The van der Waals surface area contributed by atoms with Gasteiger partial charge >= 0.3 is 13.1 Å². The lowest BCUT2D eigenvalue weighted by atomic mass is 9.81. The Hall–Kier alpha value is -1.36. The smallest absolute Gasteiger partial charge is 0.501 e. The first-order valence-corrected chi connectivity index (χ1v) is 3.13. The normalized spacial score (nSPS) is 14.6. The van der Waals surface area contributed by atoms with E-state index in [1.807, 2.05) is 0 Å². The van der Waals surface area contributed by atoms with Crippen molar-refractivity contribution in [2.45, 2.75) is 0 Å². The molecule has 0 aromatic carbocycles. The van der Waals surface area contributed by atoms with Crippen LogP contribution in [0, 0.1) is 0 Å². The van der Waals surface area contributed by atoms with Crippen molar-refractivity contribution < 1.29 is 14.5 Å². The fraction of sp³-hybridized carbons (Fsp3) is 0. The van der Waals surface area contributed by atoms with Crippen LogP contribution < -0.4 is 5.46 Å². The number of rotatable bonds is 0. The van der Waals surface area contributed by atoms with Crippen LogP contribution in [0.25, 0.3) is 0 Å².